The lowest BCUT2D eigenvalue weighted by atomic mass is 9.92. The zero-order valence-electron chi connectivity index (χ0n) is 18.0. The van der Waals surface area contributed by atoms with E-state index >= 15 is 0 Å². The van der Waals surface area contributed by atoms with Gasteiger partial charge in [0.1, 0.15) is 13.2 Å². The largest absolute Gasteiger partial charge is 0.486 e. The third-order valence-corrected chi connectivity index (χ3v) is 6.72. The summed E-state index contributed by atoms with van der Waals surface area (Å²) in [7, 11) is 0. The predicted molar refractivity (Wildman–Crippen MR) is 118 cm³/mol. The molecule has 30 heavy (non-hydrogen) atoms. The highest BCUT2D eigenvalue weighted by atomic mass is 32.1. The summed E-state index contributed by atoms with van der Waals surface area (Å²) in [6.45, 7) is 10.2. The summed E-state index contributed by atoms with van der Waals surface area (Å²) in [4.78, 5) is 20.0. The van der Waals surface area contributed by atoms with E-state index in [2.05, 4.69) is 34.4 Å². The molecular weight excluding hydrogens is 398 g/mol. The fourth-order valence-electron chi connectivity index (χ4n) is 4.22. The summed E-state index contributed by atoms with van der Waals surface area (Å²) in [5.41, 5.74) is 2.21. The lowest BCUT2D eigenvalue weighted by molar-refractivity contribution is -0.127. The number of nitrogens with one attached hydrogen (secondary N) is 1. The Morgan fingerprint density at radius 3 is 2.63 bits per heavy atom. The highest BCUT2D eigenvalue weighted by Gasteiger charge is 2.28. The molecule has 1 fully saturated rings. The maximum Gasteiger partial charge on any atom is 0.223 e. The second-order valence-electron chi connectivity index (χ2n) is 8.54. The Bertz CT molecular complexity index is 874. The number of rotatable bonds is 6. The van der Waals surface area contributed by atoms with Crippen LogP contribution in [-0.4, -0.2) is 42.1 Å². The molecule has 0 bridgehead atoms. The monoisotopic (exact) mass is 429 g/mol. The molecule has 1 aromatic heterocycles. The Morgan fingerprint density at radius 1 is 1.23 bits per heavy atom. The van der Waals surface area contributed by atoms with Gasteiger partial charge in [0, 0.05) is 17.8 Å². The molecule has 7 heteroatoms. The molecule has 1 aromatic carbocycles. The number of thiazole rings is 1. The van der Waals surface area contributed by atoms with Crippen LogP contribution < -0.4 is 14.8 Å². The van der Waals surface area contributed by atoms with E-state index in [1.54, 1.807) is 11.3 Å². The number of carbonyl (C=O) groups excluding carboxylic acids is 1. The Labute approximate surface area is 182 Å². The lowest BCUT2D eigenvalue weighted by Gasteiger charge is -2.32. The van der Waals surface area contributed by atoms with Crippen LogP contribution in [0.25, 0.3) is 0 Å². The van der Waals surface area contributed by atoms with E-state index in [1.807, 2.05) is 25.1 Å². The van der Waals surface area contributed by atoms with Gasteiger partial charge in [-0.15, -0.1) is 11.3 Å². The van der Waals surface area contributed by atoms with Gasteiger partial charge in [0.05, 0.1) is 16.7 Å². The minimum absolute atomic E-state index is 0.0377. The molecule has 4 rings (SSSR count). The summed E-state index contributed by atoms with van der Waals surface area (Å²) in [6, 6.07) is 5.96. The molecule has 1 N–H and O–H groups in total. The van der Waals surface area contributed by atoms with E-state index in [1.165, 1.54) is 0 Å². The van der Waals surface area contributed by atoms with Crippen LogP contribution in [0.3, 0.4) is 0 Å². The number of likely N-dealkylation sites (tertiary alicyclic amines) is 1. The average molecular weight is 430 g/mol. The van der Waals surface area contributed by atoms with Crippen LogP contribution in [0.2, 0.25) is 0 Å². The average Bonchev–Trinajstić information content (AvgIpc) is 3.16. The molecule has 0 radical (unpaired) electrons. The SMILES string of the molecule is Cc1nc(CN2CCC(C(=O)NC(c3ccc4c(c3)OCCO4)C(C)C)CC2)cs1. The second kappa shape index (κ2) is 9.35. The highest BCUT2D eigenvalue weighted by molar-refractivity contribution is 7.09. The van der Waals surface area contributed by atoms with Crippen molar-refractivity contribution in [2.24, 2.45) is 11.8 Å². The minimum atomic E-state index is -0.0377. The van der Waals surface area contributed by atoms with Crippen molar-refractivity contribution in [1.82, 2.24) is 15.2 Å². The van der Waals surface area contributed by atoms with Gasteiger partial charge in [0.2, 0.25) is 5.91 Å². The van der Waals surface area contributed by atoms with Gasteiger partial charge < -0.3 is 14.8 Å². The van der Waals surface area contributed by atoms with Crippen molar-refractivity contribution in [3.05, 3.63) is 39.8 Å². The van der Waals surface area contributed by atoms with Gasteiger partial charge in [0.15, 0.2) is 11.5 Å². The van der Waals surface area contributed by atoms with Crippen molar-refractivity contribution in [2.75, 3.05) is 26.3 Å². The third-order valence-electron chi connectivity index (χ3n) is 5.90. The number of ether oxygens (including phenoxy) is 2. The first-order valence-corrected chi connectivity index (χ1v) is 11.7. The van der Waals surface area contributed by atoms with E-state index in [-0.39, 0.29) is 23.8 Å². The summed E-state index contributed by atoms with van der Waals surface area (Å²) >= 11 is 1.70. The quantitative estimate of drug-likeness (QED) is 0.753. The normalized spacial score (nSPS) is 18.4. The van der Waals surface area contributed by atoms with Crippen molar-refractivity contribution in [1.29, 1.82) is 0 Å². The van der Waals surface area contributed by atoms with Crippen molar-refractivity contribution in [3.63, 3.8) is 0 Å². The van der Waals surface area contributed by atoms with Gasteiger partial charge in [-0.3, -0.25) is 9.69 Å². The van der Waals surface area contributed by atoms with Crippen molar-refractivity contribution in [3.8, 4) is 11.5 Å². The van der Waals surface area contributed by atoms with Gasteiger partial charge in [-0.1, -0.05) is 19.9 Å². The number of benzene rings is 1. The molecule has 0 aliphatic carbocycles. The zero-order valence-corrected chi connectivity index (χ0v) is 18.8. The van der Waals surface area contributed by atoms with E-state index in [9.17, 15) is 4.79 Å². The molecule has 1 atom stereocenters. The Morgan fingerprint density at radius 2 is 1.97 bits per heavy atom. The lowest BCUT2D eigenvalue weighted by Crippen LogP contribution is -2.42. The number of hydrogen-bond donors (Lipinski definition) is 1. The molecule has 162 valence electrons. The van der Waals surface area contributed by atoms with Crippen LogP contribution in [0.4, 0.5) is 0 Å². The number of aromatic nitrogens is 1. The molecule has 2 aromatic rings. The van der Waals surface area contributed by atoms with Crippen molar-refractivity contribution < 1.29 is 14.3 Å². The molecule has 0 spiro atoms. The molecular formula is C23H31N3O3S. The Balaban J connectivity index is 1.35. The van der Waals surface area contributed by atoms with E-state index in [0.29, 0.717) is 13.2 Å². The fourth-order valence-corrected chi connectivity index (χ4v) is 4.83. The fraction of sp³-hybridized carbons (Fsp3) is 0.565. The number of aryl methyl sites for hydroxylation is 1. The number of hydrogen-bond acceptors (Lipinski definition) is 6. The minimum Gasteiger partial charge on any atom is -0.486 e. The zero-order chi connectivity index (χ0) is 21.1. The van der Waals surface area contributed by atoms with Crippen molar-refractivity contribution in [2.45, 2.75) is 46.2 Å². The van der Waals surface area contributed by atoms with Crippen molar-refractivity contribution >= 4 is 17.2 Å². The maximum absolute atomic E-state index is 13.0. The van der Waals surface area contributed by atoms with Gasteiger partial charge in [-0.05, 0) is 56.5 Å². The predicted octanol–water partition coefficient (Wildman–Crippen LogP) is 3.95. The summed E-state index contributed by atoms with van der Waals surface area (Å²) in [5, 5.41) is 6.56. The highest BCUT2D eigenvalue weighted by Crippen LogP contribution is 2.34. The number of nitrogens with zero attached hydrogens (tertiary/aromatic N) is 2. The first-order valence-electron chi connectivity index (χ1n) is 10.8. The summed E-state index contributed by atoms with van der Waals surface area (Å²) in [6.07, 6.45) is 1.78. The van der Waals surface area contributed by atoms with Gasteiger partial charge in [0.25, 0.3) is 0 Å². The van der Waals surface area contributed by atoms with Crippen LogP contribution in [0.1, 0.15) is 49.0 Å². The topological polar surface area (TPSA) is 63.7 Å². The van der Waals surface area contributed by atoms with Gasteiger partial charge >= 0.3 is 0 Å². The van der Waals surface area contributed by atoms with E-state index < -0.39 is 0 Å². The van der Waals surface area contributed by atoms with Crippen LogP contribution in [-0.2, 0) is 11.3 Å². The number of piperidine rings is 1. The maximum atomic E-state index is 13.0. The molecule has 2 aliphatic rings. The second-order valence-corrected chi connectivity index (χ2v) is 9.60. The van der Waals surface area contributed by atoms with Gasteiger partial charge in [-0.25, -0.2) is 4.98 Å². The number of amides is 1. The van der Waals surface area contributed by atoms with Crippen LogP contribution in [0, 0.1) is 18.8 Å². The third kappa shape index (κ3) is 4.95. The first-order chi connectivity index (χ1) is 14.5. The van der Waals surface area contributed by atoms with Crippen LogP contribution >= 0.6 is 11.3 Å². The molecule has 1 saturated heterocycles. The molecule has 3 heterocycles. The Hall–Kier alpha value is -2.12. The molecule has 0 saturated carbocycles. The van der Waals surface area contributed by atoms with Gasteiger partial charge in [-0.2, -0.15) is 0 Å². The summed E-state index contributed by atoms with van der Waals surface area (Å²) in [5.74, 6) is 2.06. The first kappa shape index (κ1) is 21.1. The smallest absolute Gasteiger partial charge is 0.223 e. The molecule has 1 amide bonds. The molecule has 6 nitrogen and oxygen atoms in total. The molecule has 1 unspecified atom stereocenters. The van der Waals surface area contributed by atoms with Crippen LogP contribution in [0.5, 0.6) is 11.5 Å². The van der Waals surface area contributed by atoms with E-state index in [4.69, 9.17) is 9.47 Å². The number of fused-ring (bicyclic) bond motifs is 1. The molecule has 2 aliphatic heterocycles. The van der Waals surface area contributed by atoms with E-state index in [0.717, 1.165) is 60.2 Å². The number of carbonyl (C=O) groups is 1. The Kier molecular flexibility index (Phi) is 6.58. The summed E-state index contributed by atoms with van der Waals surface area (Å²) < 4.78 is 11.4. The van der Waals surface area contributed by atoms with Crippen LogP contribution in [0.15, 0.2) is 23.6 Å². The standard InChI is InChI=1S/C23H31N3O3S/c1-15(2)22(18-4-5-20-21(12-18)29-11-10-28-20)25-23(27)17-6-8-26(9-7-17)13-19-14-30-16(3)24-19/h4-5,12,14-15,17,22H,6-11,13H2,1-3H3,(H,25,27).